The van der Waals surface area contributed by atoms with Crippen molar-refractivity contribution in [1.29, 1.82) is 0 Å². The van der Waals surface area contributed by atoms with Gasteiger partial charge in [-0.25, -0.2) is 9.97 Å². The zero-order valence-electron chi connectivity index (χ0n) is 13.6. The number of hydrogen-bond acceptors (Lipinski definition) is 7. The smallest absolute Gasteiger partial charge is 0.316 e. The van der Waals surface area contributed by atoms with Crippen LogP contribution in [0.1, 0.15) is 54.4 Å². The van der Waals surface area contributed by atoms with E-state index >= 15 is 0 Å². The van der Waals surface area contributed by atoms with Crippen molar-refractivity contribution in [3.05, 3.63) is 29.0 Å². The lowest BCUT2D eigenvalue weighted by atomic mass is 9.93. The van der Waals surface area contributed by atoms with Crippen LogP contribution in [-0.4, -0.2) is 37.6 Å². The Morgan fingerprint density at radius 3 is 2.75 bits per heavy atom. The number of nitrogens with zero attached hydrogens (tertiary/aromatic N) is 4. The van der Waals surface area contributed by atoms with E-state index in [1.807, 2.05) is 0 Å². The van der Waals surface area contributed by atoms with Crippen LogP contribution in [0.2, 0.25) is 0 Å². The van der Waals surface area contributed by atoms with Gasteiger partial charge in [0.2, 0.25) is 0 Å². The normalized spacial score (nSPS) is 20.5. The summed E-state index contributed by atoms with van der Waals surface area (Å²) in [5.41, 5.74) is 0.804. The van der Waals surface area contributed by atoms with E-state index in [9.17, 15) is 4.79 Å². The van der Waals surface area contributed by atoms with Gasteiger partial charge in [0.05, 0.1) is 5.69 Å². The van der Waals surface area contributed by atoms with Crippen LogP contribution in [0.25, 0.3) is 0 Å². The fourth-order valence-electron chi connectivity index (χ4n) is 2.85. The van der Waals surface area contributed by atoms with Crippen LogP contribution in [0.4, 0.5) is 0 Å². The molecule has 0 radical (unpaired) electrons. The van der Waals surface area contributed by atoms with E-state index in [-0.39, 0.29) is 18.1 Å². The first kappa shape index (κ1) is 16.8. The fraction of sp³-hybridized carbons (Fsp3) is 0.562. The predicted molar refractivity (Wildman–Crippen MR) is 90.1 cm³/mol. The molecule has 8 heteroatoms. The van der Waals surface area contributed by atoms with Crippen molar-refractivity contribution < 1.29 is 9.53 Å². The molecule has 0 aromatic carbocycles. The predicted octanol–water partition coefficient (Wildman–Crippen LogP) is 2.40. The maximum atomic E-state index is 12.4. The third kappa shape index (κ3) is 4.25. The maximum Gasteiger partial charge on any atom is 0.316 e. The molecule has 1 N–H and O–H groups in total. The van der Waals surface area contributed by atoms with Crippen LogP contribution in [0.5, 0.6) is 6.01 Å². The van der Waals surface area contributed by atoms with Gasteiger partial charge in [0.1, 0.15) is 11.0 Å². The van der Waals surface area contributed by atoms with Gasteiger partial charge in [-0.1, -0.05) is 17.8 Å². The summed E-state index contributed by atoms with van der Waals surface area (Å²) in [5, 5.41) is 7.16. The monoisotopic (exact) mass is 347 g/mol. The second kappa shape index (κ2) is 8.14. The molecule has 2 aromatic heterocycles. The van der Waals surface area contributed by atoms with Gasteiger partial charge in [-0.15, -0.1) is 5.10 Å². The Kier molecular flexibility index (Phi) is 5.68. The van der Waals surface area contributed by atoms with Crippen molar-refractivity contribution >= 4 is 17.4 Å². The van der Waals surface area contributed by atoms with Crippen LogP contribution in [0.15, 0.2) is 18.5 Å². The summed E-state index contributed by atoms with van der Waals surface area (Å²) in [6.45, 7) is 2.07. The average molecular weight is 347 g/mol. The van der Waals surface area contributed by atoms with Crippen LogP contribution in [0.3, 0.4) is 0 Å². The molecule has 1 amide bonds. The van der Waals surface area contributed by atoms with Crippen molar-refractivity contribution in [2.75, 3.05) is 0 Å². The van der Waals surface area contributed by atoms with Crippen LogP contribution in [-0.2, 0) is 6.42 Å². The highest BCUT2D eigenvalue weighted by atomic mass is 32.1. The molecule has 0 saturated heterocycles. The minimum Gasteiger partial charge on any atom is -0.460 e. The first-order valence-corrected chi connectivity index (χ1v) is 9.09. The minimum absolute atomic E-state index is 0.0517. The van der Waals surface area contributed by atoms with Gasteiger partial charge in [-0.3, -0.25) is 4.79 Å². The zero-order chi connectivity index (χ0) is 16.8. The Bertz CT molecular complexity index is 655. The molecular weight excluding hydrogens is 326 g/mol. The second-order valence-corrected chi connectivity index (χ2v) is 6.65. The Morgan fingerprint density at radius 1 is 1.29 bits per heavy atom. The van der Waals surface area contributed by atoms with Gasteiger partial charge in [0.15, 0.2) is 0 Å². The molecule has 3 rings (SSSR count). The summed E-state index contributed by atoms with van der Waals surface area (Å²) >= 11 is 1.17. The molecule has 1 aliphatic rings. The highest BCUT2D eigenvalue weighted by Gasteiger charge is 2.26. The Labute approximate surface area is 145 Å². The van der Waals surface area contributed by atoms with Crippen LogP contribution < -0.4 is 10.1 Å². The highest BCUT2D eigenvalue weighted by Crippen LogP contribution is 2.23. The standard InChI is InChI=1S/C16H21N5O2S/c1-2-4-13-14(24-21-20-13)15(22)19-11-5-7-12(8-6-11)23-16-17-9-3-10-18-16/h3,9-12H,2,4-8H2,1H3,(H,19,22). The van der Waals surface area contributed by atoms with E-state index < -0.39 is 0 Å². The topological polar surface area (TPSA) is 89.9 Å². The number of amides is 1. The molecule has 1 aliphatic carbocycles. The largest absolute Gasteiger partial charge is 0.460 e. The molecule has 1 saturated carbocycles. The van der Waals surface area contributed by atoms with Gasteiger partial charge in [0.25, 0.3) is 5.91 Å². The molecule has 0 aliphatic heterocycles. The molecule has 2 aromatic rings. The molecule has 1 fully saturated rings. The summed E-state index contributed by atoms with van der Waals surface area (Å²) in [6, 6.07) is 2.36. The number of carbonyl (C=O) groups is 1. The Hall–Kier alpha value is -2.09. The Balaban J connectivity index is 1.48. The van der Waals surface area contributed by atoms with Crippen molar-refractivity contribution in [3.8, 4) is 6.01 Å². The quantitative estimate of drug-likeness (QED) is 0.863. The van der Waals surface area contributed by atoms with Gasteiger partial charge < -0.3 is 10.1 Å². The molecular formula is C16H21N5O2S. The number of hydrogen-bond donors (Lipinski definition) is 1. The fourth-order valence-corrected chi connectivity index (χ4v) is 3.46. The third-order valence-electron chi connectivity index (χ3n) is 4.07. The van der Waals surface area contributed by atoms with Gasteiger partial charge >= 0.3 is 6.01 Å². The molecule has 0 spiro atoms. The van der Waals surface area contributed by atoms with E-state index in [0.29, 0.717) is 10.9 Å². The van der Waals surface area contributed by atoms with Crippen molar-refractivity contribution in [2.45, 2.75) is 57.6 Å². The molecule has 128 valence electrons. The van der Waals surface area contributed by atoms with Gasteiger partial charge in [-0.05, 0) is 49.7 Å². The molecule has 2 heterocycles. The molecule has 0 bridgehead atoms. The second-order valence-electron chi connectivity index (χ2n) is 5.90. The summed E-state index contributed by atoms with van der Waals surface area (Å²) in [4.78, 5) is 21.2. The van der Waals surface area contributed by atoms with E-state index in [1.54, 1.807) is 18.5 Å². The number of rotatable bonds is 6. The third-order valence-corrected chi connectivity index (χ3v) is 4.84. The number of nitrogens with one attached hydrogen (secondary N) is 1. The van der Waals surface area contributed by atoms with Gasteiger partial charge in [0, 0.05) is 18.4 Å². The van der Waals surface area contributed by atoms with Crippen LogP contribution in [0, 0.1) is 0 Å². The van der Waals surface area contributed by atoms with Crippen molar-refractivity contribution in [1.82, 2.24) is 24.9 Å². The summed E-state index contributed by atoms with van der Waals surface area (Å²) < 4.78 is 9.69. The Morgan fingerprint density at radius 2 is 2.04 bits per heavy atom. The van der Waals surface area contributed by atoms with E-state index in [4.69, 9.17) is 4.74 Å². The first-order chi connectivity index (χ1) is 11.8. The lowest BCUT2D eigenvalue weighted by Gasteiger charge is -2.28. The molecule has 0 atom stereocenters. The zero-order valence-corrected chi connectivity index (χ0v) is 14.5. The van der Waals surface area contributed by atoms with Crippen molar-refractivity contribution in [3.63, 3.8) is 0 Å². The average Bonchev–Trinajstić information content (AvgIpc) is 3.06. The SMILES string of the molecule is CCCc1nnsc1C(=O)NC1CCC(Oc2ncccn2)CC1. The number of aryl methyl sites for hydroxylation is 1. The molecule has 24 heavy (non-hydrogen) atoms. The summed E-state index contributed by atoms with van der Waals surface area (Å²) in [7, 11) is 0. The lowest BCUT2D eigenvalue weighted by molar-refractivity contribution is 0.0888. The summed E-state index contributed by atoms with van der Waals surface area (Å²) in [6.07, 6.45) is 8.74. The van der Waals surface area contributed by atoms with E-state index in [1.165, 1.54) is 11.5 Å². The highest BCUT2D eigenvalue weighted by molar-refractivity contribution is 7.08. The van der Waals surface area contributed by atoms with E-state index in [2.05, 4.69) is 31.8 Å². The first-order valence-electron chi connectivity index (χ1n) is 8.32. The number of carbonyl (C=O) groups excluding carboxylic acids is 1. The van der Waals surface area contributed by atoms with Gasteiger partial charge in [-0.2, -0.15) is 0 Å². The number of ether oxygens (including phenoxy) is 1. The van der Waals surface area contributed by atoms with E-state index in [0.717, 1.165) is 44.2 Å². The molecule has 0 unspecified atom stereocenters. The lowest BCUT2D eigenvalue weighted by Crippen LogP contribution is -2.39. The summed E-state index contributed by atoms with van der Waals surface area (Å²) in [5.74, 6) is -0.0517. The minimum atomic E-state index is -0.0517. The molecule has 7 nitrogen and oxygen atoms in total. The maximum absolute atomic E-state index is 12.4. The van der Waals surface area contributed by atoms with Crippen LogP contribution >= 0.6 is 11.5 Å². The van der Waals surface area contributed by atoms with Crippen molar-refractivity contribution in [2.24, 2.45) is 0 Å². The number of aromatic nitrogens is 4.